The van der Waals surface area contributed by atoms with E-state index in [4.69, 9.17) is 0 Å². The first kappa shape index (κ1) is 23.0. The first-order valence-electron chi connectivity index (χ1n) is 10.8. The second-order valence-electron chi connectivity index (χ2n) is 7.48. The molecule has 0 bridgehead atoms. The van der Waals surface area contributed by atoms with Crippen LogP contribution in [-0.2, 0) is 6.54 Å². The minimum Gasteiger partial charge on any atom is -0.351 e. The van der Waals surface area contributed by atoms with Gasteiger partial charge in [0, 0.05) is 24.8 Å². The second-order valence-corrected chi connectivity index (χ2v) is 7.48. The Morgan fingerprint density at radius 1 is 1.12 bits per heavy atom. The molecule has 0 aliphatic carbocycles. The molecule has 4 aromatic rings. The van der Waals surface area contributed by atoms with Gasteiger partial charge in [-0.3, -0.25) is 14.3 Å². The van der Waals surface area contributed by atoms with Crippen molar-refractivity contribution in [3.63, 3.8) is 0 Å². The maximum Gasteiger partial charge on any atom is 0.280 e. The Kier molecular flexibility index (Phi) is 6.62. The number of aromatic nitrogens is 5. The lowest BCUT2D eigenvalue weighted by molar-refractivity contribution is 0.0948. The number of amides is 2. The van der Waals surface area contributed by atoms with E-state index in [1.807, 2.05) is 13.8 Å². The normalized spacial score (nSPS) is 11.2. The Labute approximate surface area is 193 Å². The largest absolute Gasteiger partial charge is 0.351 e. The van der Waals surface area contributed by atoms with E-state index in [0.29, 0.717) is 18.7 Å². The van der Waals surface area contributed by atoms with Gasteiger partial charge >= 0.3 is 0 Å². The van der Waals surface area contributed by atoms with Crippen molar-refractivity contribution in [3.05, 3.63) is 65.7 Å². The van der Waals surface area contributed by atoms with E-state index in [1.54, 1.807) is 30.3 Å². The van der Waals surface area contributed by atoms with Crippen LogP contribution in [0.5, 0.6) is 0 Å². The molecule has 0 atom stereocenters. The molecule has 11 heteroatoms. The highest BCUT2D eigenvalue weighted by molar-refractivity contribution is 6.11. The highest BCUT2D eigenvalue weighted by atomic mass is 19.3. The number of nitrogens with zero attached hydrogens (tertiary/aromatic N) is 5. The van der Waals surface area contributed by atoms with Crippen LogP contribution in [0.4, 0.5) is 14.5 Å². The number of hydrogen-bond donors (Lipinski definition) is 2. The summed E-state index contributed by atoms with van der Waals surface area (Å²) >= 11 is 0. The minimum atomic E-state index is -2.83. The molecule has 0 radical (unpaired) electrons. The number of fused-ring (bicyclic) bond motifs is 1. The van der Waals surface area contributed by atoms with Crippen LogP contribution in [0.15, 0.2) is 48.8 Å². The average Bonchev–Trinajstić information content (AvgIpc) is 3.46. The number of hydrogen-bond acceptors (Lipinski definition) is 5. The molecular weight excluding hydrogens is 444 g/mol. The third-order valence-corrected chi connectivity index (χ3v) is 5.12. The van der Waals surface area contributed by atoms with E-state index in [1.165, 1.54) is 23.1 Å². The third-order valence-electron chi connectivity index (χ3n) is 5.12. The van der Waals surface area contributed by atoms with Crippen LogP contribution in [0.25, 0.3) is 16.9 Å². The van der Waals surface area contributed by atoms with E-state index in [-0.39, 0.29) is 34.0 Å². The number of halogens is 2. The lowest BCUT2D eigenvalue weighted by atomic mass is 10.1. The van der Waals surface area contributed by atoms with E-state index in [2.05, 4.69) is 25.8 Å². The SMILES string of the molecule is CCCNC(=O)c1nn(CC)cc1NC(=O)c1cnn2c(C(F)F)cc(-c3ccccc3)nc12. The maximum absolute atomic E-state index is 13.8. The van der Waals surface area contributed by atoms with Crippen LogP contribution in [0.3, 0.4) is 0 Å². The Bertz CT molecular complexity index is 1330. The highest BCUT2D eigenvalue weighted by Crippen LogP contribution is 2.27. The summed E-state index contributed by atoms with van der Waals surface area (Å²) in [6.45, 7) is 4.71. The van der Waals surface area contributed by atoms with Crippen molar-refractivity contribution in [2.24, 2.45) is 0 Å². The van der Waals surface area contributed by atoms with Crippen molar-refractivity contribution in [2.45, 2.75) is 33.2 Å². The molecule has 3 heterocycles. The fourth-order valence-electron chi connectivity index (χ4n) is 3.41. The molecule has 0 spiro atoms. The predicted molar refractivity (Wildman–Crippen MR) is 122 cm³/mol. The molecule has 4 rings (SSSR count). The summed E-state index contributed by atoms with van der Waals surface area (Å²) in [5.41, 5.74) is 0.758. The van der Waals surface area contributed by atoms with Crippen molar-refractivity contribution < 1.29 is 18.4 Å². The molecule has 2 amide bonds. The average molecular weight is 467 g/mol. The molecule has 1 aromatic carbocycles. The minimum absolute atomic E-state index is 0.0103. The first-order valence-corrected chi connectivity index (χ1v) is 10.8. The summed E-state index contributed by atoms with van der Waals surface area (Å²) in [5.74, 6) is -1.07. The van der Waals surface area contributed by atoms with E-state index in [9.17, 15) is 18.4 Å². The number of rotatable bonds is 8. The monoisotopic (exact) mass is 467 g/mol. The van der Waals surface area contributed by atoms with Gasteiger partial charge in [0.05, 0.1) is 17.6 Å². The number of carbonyl (C=O) groups excluding carboxylic acids is 2. The summed E-state index contributed by atoms with van der Waals surface area (Å²) in [6, 6.07) is 10.1. The van der Waals surface area contributed by atoms with Gasteiger partial charge in [0.1, 0.15) is 11.3 Å². The molecule has 34 heavy (non-hydrogen) atoms. The van der Waals surface area contributed by atoms with Crippen molar-refractivity contribution in [2.75, 3.05) is 11.9 Å². The fraction of sp³-hybridized carbons (Fsp3) is 0.261. The molecule has 176 valence electrons. The van der Waals surface area contributed by atoms with Crippen LogP contribution in [-0.4, -0.2) is 42.7 Å². The number of aryl methyl sites for hydroxylation is 1. The molecule has 0 fully saturated rings. The Morgan fingerprint density at radius 2 is 1.88 bits per heavy atom. The zero-order valence-corrected chi connectivity index (χ0v) is 18.6. The molecule has 3 aromatic heterocycles. The molecule has 9 nitrogen and oxygen atoms in total. The van der Waals surface area contributed by atoms with Gasteiger partial charge < -0.3 is 10.6 Å². The van der Waals surface area contributed by atoms with Crippen LogP contribution in [0, 0.1) is 0 Å². The number of nitrogens with one attached hydrogen (secondary N) is 2. The standard InChI is InChI=1S/C23H23F2N7O2/c1-3-10-26-23(34)19-17(13-31(4-2)30-19)29-22(33)15-12-27-32-18(20(24)25)11-16(28-21(15)32)14-8-6-5-7-9-14/h5-9,11-13,20H,3-4,10H2,1-2H3,(H,26,34)(H,29,33). The predicted octanol–water partition coefficient (Wildman–Crippen LogP) is 3.94. The number of alkyl halides is 2. The Balaban J connectivity index is 1.74. The van der Waals surface area contributed by atoms with Gasteiger partial charge in [-0.15, -0.1) is 0 Å². The summed E-state index contributed by atoms with van der Waals surface area (Å²) in [6.07, 6.45) is 0.629. The van der Waals surface area contributed by atoms with Gasteiger partial charge in [-0.25, -0.2) is 18.3 Å². The maximum atomic E-state index is 13.8. The molecule has 0 aliphatic rings. The quantitative estimate of drug-likeness (QED) is 0.408. The van der Waals surface area contributed by atoms with Crippen LogP contribution < -0.4 is 10.6 Å². The van der Waals surface area contributed by atoms with E-state index in [0.717, 1.165) is 10.9 Å². The molecule has 0 aliphatic heterocycles. The summed E-state index contributed by atoms with van der Waals surface area (Å²) in [4.78, 5) is 30.1. The Morgan fingerprint density at radius 3 is 2.56 bits per heavy atom. The molecule has 0 unspecified atom stereocenters. The van der Waals surface area contributed by atoms with Gasteiger partial charge in [-0.1, -0.05) is 37.3 Å². The topological polar surface area (TPSA) is 106 Å². The second kappa shape index (κ2) is 9.77. The van der Waals surface area contributed by atoms with Crippen molar-refractivity contribution in [1.29, 1.82) is 0 Å². The Hall–Kier alpha value is -4.15. The van der Waals surface area contributed by atoms with E-state index >= 15 is 0 Å². The molecular formula is C23H23F2N7O2. The fourth-order valence-corrected chi connectivity index (χ4v) is 3.41. The summed E-state index contributed by atoms with van der Waals surface area (Å²) < 4.78 is 30.1. The first-order chi connectivity index (χ1) is 16.4. The van der Waals surface area contributed by atoms with Gasteiger partial charge in [-0.05, 0) is 19.4 Å². The van der Waals surface area contributed by atoms with Gasteiger partial charge in [0.2, 0.25) is 0 Å². The van der Waals surface area contributed by atoms with Crippen molar-refractivity contribution in [1.82, 2.24) is 29.7 Å². The van der Waals surface area contributed by atoms with E-state index < -0.39 is 18.2 Å². The van der Waals surface area contributed by atoms with Gasteiger partial charge in [-0.2, -0.15) is 10.2 Å². The van der Waals surface area contributed by atoms with Gasteiger partial charge in [0.15, 0.2) is 11.3 Å². The summed E-state index contributed by atoms with van der Waals surface area (Å²) in [7, 11) is 0. The van der Waals surface area contributed by atoms with Gasteiger partial charge in [0.25, 0.3) is 18.2 Å². The summed E-state index contributed by atoms with van der Waals surface area (Å²) in [5, 5.41) is 13.6. The van der Waals surface area contributed by atoms with Crippen LogP contribution >= 0.6 is 0 Å². The zero-order valence-electron chi connectivity index (χ0n) is 18.6. The molecule has 0 saturated carbocycles. The molecule has 2 N–H and O–H groups in total. The van der Waals surface area contributed by atoms with Crippen LogP contribution in [0.1, 0.15) is 53.2 Å². The number of benzene rings is 1. The zero-order chi connectivity index (χ0) is 24.2. The number of carbonyl (C=O) groups is 2. The molecule has 0 saturated heterocycles. The highest BCUT2D eigenvalue weighted by Gasteiger charge is 2.24. The van der Waals surface area contributed by atoms with Crippen LogP contribution in [0.2, 0.25) is 0 Å². The third kappa shape index (κ3) is 4.49. The smallest absolute Gasteiger partial charge is 0.280 e. The van der Waals surface area contributed by atoms with Crippen molar-refractivity contribution in [3.8, 4) is 11.3 Å². The van der Waals surface area contributed by atoms with Crippen molar-refractivity contribution >= 4 is 23.1 Å². The number of anilines is 1. The lowest BCUT2D eigenvalue weighted by Crippen LogP contribution is -2.26. The lowest BCUT2D eigenvalue weighted by Gasteiger charge is -2.09.